The maximum atomic E-state index is 11.6. The summed E-state index contributed by atoms with van der Waals surface area (Å²) in [4.78, 5) is 26.3. The van der Waals surface area contributed by atoms with Gasteiger partial charge in [-0.2, -0.15) is 0 Å². The summed E-state index contributed by atoms with van der Waals surface area (Å²) in [6.07, 6.45) is 9.90. The number of aromatic nitrogens is 1. The Kier molecular flexibility index (Phi) is 6.00. The van der Waals surface area contributed by atoms with Gasteiger partial charge in [-0.3, -0.25) is 20.2 Å². The second-order valence-corrected chi connectivity index (χ2v) is 9.86. The summed E-state index contributed by atoms with van der Waals surface area (Å²) in [6.45, 7) is 4.68. The lowest BCUT2D eigenvalue weighted by molar-refractivity contribution is -0.114. The predicted octanol–water partition coefficient (Wildman–Crippen LogP) is 4.36. The van der Waals surface area contributed by atoms with Crippen molar-refractivity contribution < 1.29 is 9.53 Å². The Morgan fingerprint density at radius 2 is 2.25 bits per heavy atom. The third-order valence-corrected chi connectivity index (χ3v) is 7.59. The zero-order valence-corrected chi connectivity index (χ0v) is 20.4. The van der Waals surface area contributed by atoms with Gasteiger partial charge >= 0.3 is 0 Å². The number of nitrogens with zero attached hydrogens (tertiary/aromatic N) is 4. The Bertz CT molecular complexity index is 1100. The zero-order chi connectivity index (χ0) is 22.2. The molecule has 8 nitrogen and oxygen atoms in total. The number of nitrogens with one attached hydrogen (secondary N) is 2. The number of hydrogen-bond donors (Lipinski definition) is 2. The summed E-state index contributed by atoms with van der Waals surface area (Å²) in [7, 11) is 0. The standard InChI is InChI=1S/C22H25BrN6O2S/c1-3-24-17-9-8-13(10-25-17)18-20-19(29(28-18)16-7-5-4-6-14(16)23)21-15(11-31-20)27-22(32-21)26-12(2)30/h6-7,10,19-20,28H,3-5,8-9,11H2,1-2H3,(H,26,27,30). The third kappa shape index (κ3) is 3.95. The fraction of sp³-hybridized carbons (Fsp3) is 0.455. The van der Waals surface area contributed by atoms with Crippen molar-refractivity contribution in [1.82, 2.24) is 15.4 Å². The first-order valence-electron chi connectivity index (χ1n) is 10.9. The van der Waals surface area contributed by atoms with Gasteiger partial charge in [-0.25, -0.2) is 9.98 Å². The molecule has 4 aliphatic rings. The molecule has 0 aromatic carbocycles. The predicted molar refractivity (Wildman–Crippen MR) is 130 cm³/mol. The van der Waals surface area contributed by atoms with Crippen molar-refractivity contribution in [2.24, 2.45) is 9.98 Å². The number of ether oxygens (including phenoxy) is 1. The van der Waals surface area contributed by atoms with Gasteiger partial charge in [0.25, 0.3) is 0 Å². The first-order valence-corrected chi connectivity index (χ1v) is 12.5. The molecule has 10 heteroatoms. The van der Waals surface area contributed by atoms with E-state index in [1.165, 1.54) is 18.3 Å². The zero-order valence-electron chi connectivity index (χ0n) is 18.0. The Morgan fingerprint density at radius 1 is 1.41 bits per heavy atom. The molecular formula is C22H25BrN6O2S. The van der Waals surface area contributed by atoms with Crippen molar-refractivity contribution in [2.75, 3.05) is 11.9 Å². The lowest BCUT2D eigenvalue weighted by atomic mass is 9.97. The van der Waals surface area contributed by atoms with Crippen LogP contribution >= 0.6 is 27.3 Å². The van der Waals surface area contributed by atoms with Crippen LogP contribution in [0.3, 0.4) is 0 Å². The van der Waals surface area contributed by atoms with E-state index in [1.807, 2.05) is 13.1 Å². The number of carbonyl (C=O) groups excluding carboxylic acids is 1. The van der Waals surface area contributed by atoms with Crippen LogP contribution in [0.2, 0.25) is 0 Å². The minimum Gasteiger partial charge on any atom is -0.363 e. The van der Waals surface area contributed by atoms with Gasteiger partial charge in [-0.1, -0.05) is 23.5 Å². The Labute approximate surface area is 199 Å². The quantitative estimate of drug-likeness (QED) is 0.622. The number of rotatable bonds is 3. The second kappa shape index (κ2) is 8.92. The largest absolute Gasteiger partial charge is 0.363 e. The van der Waals surface area contributed by atoms with E-state index in [0.717, 1.165) is 70.1 Å². The van der Waals surface area contributed by atoms with Gasteiger partial charge in [0.2, 0.25) is 5.91 Å². The van der Waals surface area contributed by atoms with Crippen LogP contribution in [0.4, 0.5) is 5.13 Å². The normalized spacial score (nSPS) is 28.1. The first kappa shape index (κ1) is 21.5. The molecule has 1 aliphatic carbocycles. The van der Waals surface area contributed by atoms with Crippen molar-refractivity contribution in [3.05, 3.63) is 44.2 Å². The van der Waals surface area contributed by atoms with Crippen LogP contribution in [-0.2, 0) is 16.1 Å². The number of allylic oxidation sites excluding steroid dienone is 4. The van der Waals surface area contributed by atoms with Crippen LogP contribution in [0.1, 0.15) is 56.1 Å². The number of amidine groups is 1. The lowest BCUT2D eigenvalue weighted by Crippen LogP contribution is -2.35. The van der Waals surface area contributed by atoms with Crippen LogP contribution in [0, 0.1) is 0 Å². The van der Waals surface area contributed by atoms with E-state index in [-0.39, 0.29) is 18.1 Å². The van der Waals surface area contributed by atoms with E-state index < -0.39 is 0 Å². The molecule has 3 aliphatic heterocycles. The molecule has 4 heterocycles. The van der Waals surface area contributed by atoms with Gasteiger partial charge in [-0.05, 0) is 47.7 Å². The average Bonchev–Trinajstić information content (AvgIpc) is 3.35. The molecule has 0 saturated carbocycles. The Hall–Kier alpha value is -2.30. The molecule has 32 heavy (non-hydrogen) atoms. The molecule has 0 spiro atoms. The van der Waals surface area contributed by atoms with Gasteiger partial charge in [0.05, 0.1) is 28.6 Å². The van der Waals surface area contributed by atoms with E-state index in [0.29, 0.717) is 11.7 Å². The smallest absolute Gasteiger partial charge is 0.223 e. The molecule has 5 rings (SSSR count). The van der Waals surface area contributed by atoms with E-state index >= 15 is 0 Å². The molecule has 2 atom stereocenters. The molecule has 1 saturated heterocycles. The van der Waals surface area contributed by atoms with Crippen LogP contribution in [0.25, 0.3) is 0 Å². The molecule has 1 aromatic rings. The number of anilines is 1. The van der Waals surface area contributed by atoms with Crippen molar-refractivity contribution in [3.63, 3.8) is 0 Å². The SMILES string of the molecule is CCN=C1CCC(=C2NN(C3=CCCC=C3Br)C3c4sc(NC(C)=O)nc4COC23)C=N1. The maximum absolute atomic E-state index is 11.6. The number of fused-ring (bicyclic) bond motifs is 3. The first-order chi connectivity index (χ1) is 15.5. The number of amides is 1. The number of thiazole rings is 1. The molecular weight excluding hydrogens is 492 g/mol. The molecule has 168 valence electrons. The Morgan fingerprint density at radius 3 is 2.97 bits per heavy atom. The second-order valence-electron chi connectivity index (χ2n) is 7.98. The van der Waals surface area contributed by atoms with Crippen LogP contribution < -0.4 is 10.7 Å². The number of aliphatic imine (C=N–C) groups is 2. The molecule has 2 unspecified atom stereocenters. The van der Waals surface area contributed by atoms with Gasteiger partial charge in [-0.15, -0.1) is 0 Å². The highest BCUT2D eigenvalue weighted by atomic mass is 79.9. The van der Waals surface area contributed by atoms with Crippen LogP contribution in [0.5, 0.6) is 0 Å². The van der Waals surface area contributed by atoms with Gasteiger partial charge in [0.1, 0.15) is 18.0 Å². The van der Waals surface area contributed by atoms with Crippen LogP contribution in [0.15, 0.2) is 43.6 Å². The van der Waals surface area contributed by atoms with E-state index in [4.69, 9.17) is 4.74 Å². The number of carbonyl (C=O) groups is 1. The highest BCUT2D eigenvalue weighted by Gasteiger charge is 2.47. The summed E-state index contributed by atoms with van der Waals surface area (Å²) in [5.41, 5.74) is 7.81. The molecule has 0 bridgehead atoms. The molecule has 1 fully saturated rings. The fourth-order valence-corrected chi connectivity index (χ4v) is 6.11. The lowest BCUT2D eigenvalue weighted by Gasteiger charge is -2.32. The van der Waals surface area contributed by atoms with Gasteiger partial charge in [0.15, 0.2) is 5.13 Å². The molecule has 1 aromatic heterocycles. The van der Waals surface area contributed by atoms with E-state index in [9.17, 15) is 4.79 Å². The van der Waals surface area contributed by atoms with Crippen molar-refractivity contribution in [2.45, 2.75) is 58.3 Å². The highest BCUT2D eigenvalue weighted by Crippen LogP contribution is 2.48. The van der Waals surface area contributed by atoms with Gasteiger partial charge < -0.3 is 10.1 Å². The fourth-order valence-electron chi connectivity index (χ4n) is 4.40. The number of hydrogen-bond acceptors (Lipinski definition) is 7. The van der Waals surface area contributed by atoms with E-state index in [1.54, 1.807) is 0 Å². The van der Waals surface area contributed by atoms with Crippen molar-refractivity contribution in [3.8, 4) is 0 Å². The highest BCUT2D eigenvalue weighted by molar-refractivity contribution is 9.12. The van der Waals surface area contributed by atoms with Crippen molar-refractivity contribution >= 4 is 50.4 Å². The van der Waals surface area contributed by atoms with Gasteiger partial charge in [0, 0.05) is 30.6 Å². The maximum Gasteiger partial charge on any atom is 0.223 e. The summed E-state index contributed by atoms with van der Waals surface area (Å²) in [5.74, 6) is 0.777. The third-order valence-electron chi connectivity index (χ3n) is 5.78. The summed E-state index contributed by atoms with van der Waals surface area (Å²) >= 11 is 5.27. The summed E-state index contributed by atoms with van der Waals surface area (Å²) in [6, 6.07) is -0.0781. The monoisotopic (exact) mass is 516 g/mol. The minimum absolute atomic E-state index is 0.0781. The van der Waals surface area contributed by atoms with Crippen molar-refractivity contribution in [1.29, 1.82) is 0 Å². The number of halogens is 1. The number of hydrazine groups is 1. The topological polar surface area (TPSA) is 91.2 Å². The summed E-state index contributed by atoms with van der Waals surface area (Å²) < 4.78 is 7.42. The molecule has 2 N–H and O–H groups in total. The average molecular weight is 517 g/mol. The Balaban J connectivity index is 1.56. The van der Waals surface area contributed by atoms with E-state index in [2.05, 4.69) is 58.8 Å². The minimum atomic E-state index is -0.164. The van der Waals surface area contributed by atoms with Crippen LogP contribution in [-0.4, -0.2) is 40.6 Å². The molecule has 0 radical (unpaired) electrons. The summed E-state index contributed by atoms with van der Waals surface area (Å²) in [5, 5.41) is 5.62. The molecule has 1 amide bonds.